The van der Waals surface area contributed by atoms with Crippen molar-refractivity contribution in [2.75, 3.05) is 7.11 Å². The molecule has 1 N–H and O–H groups in total. The third-order valence-electron chi connectivity index (χ3n) is 2.95. The number of H-pyrrole nitrogens is 1. The van der Waals surface area contributed by atoms with E-state index in [0.29, 0.717) is 0 Å². The summed E-state index contributed by atoms with van der Waals surface area (Å²) in [6, 6.07) is 18.5. The fourth-order valence-corrected chi connectivity index (χ4v) is 1.99. The van der Waals surface area contributed by atoms with E-state index < -0.39 is 0 Å². The van der Waals surface area contributed by atoms with Crippen molar-refractivity contribution in [2.24, 2.45) is 0 Å². The Hall–Kier alpha value is -2.22. The number of hydrogen-bond donors (Lipinski definition) is 1. The van der Waals surface area contributed by atoms with Gasteiger partial charge in [-0.1, -0.05) is 18.2 Å². The number of hydrogen-bond acceptors (Lipinski definition) is 1. The van der Waals surface area contributed by atoms with Gasteiger partial charge >= 0.3 is 0 Å². The fraction of sp³-hybridized carbons (Fsp3) is 0.0667. The van der Waals surface area contributed by atoms with E-state index in [-0.39, 0.29) is 0 Å². The average Bonchev–Trinajstić information content (AvgIpc) is 2.86. The molecule has 0 unspecified atom stereocenters. The molecule has 1 aromatic rings. The van der Waals surface area contributed by atoms with Crippen molar-refractivity contribution >= 4 is 0 Å². The molecule has 0 bridgehead atoms. The molecule has 2 nitrogen and oxygen atoms in total. The summed E-state index contributed by atoms with van der Waals surface area (Å²) in [5.74, 6) is 0.878. The number of benzene rings is 1. The number of rotatable bonds is 2. The van der Waals surface area contributed by atoms with Gasteiger partial charge in [0.1, 0.15) is 5.75 Å². The Morgan fingerprint density at radius 1 is 0.765 bits per heavy atom. The van der Waals surface area contributed by atoms with Crippen LogP contribution in [0.5, 0.6) is 5.75 Å². The van der Waals surface area contributed by atoms with E-state index in [9.17, 15) is 0 Å². The van der Waals surface area contributed by atoms with E-state index in [1.807, 2.05) is 12.1 Å². The van der Waals surface area contributed by atoms with Crippen LogP contribution in [-0.2, 0) is 0 Å². The summed E-state index contributed by atoms with van der Waals surface area (Å²) in [7, 11) is 1.68. The van der Waals surface area contributed by atoms with E-state index in [1.54, 1.807) is 7.11 Å². The number of pyridine rings is 1. The maximum absolute atomic E-state index is 5.15. The van der Waals surface area contributed by atoms with E-state index in [4.69, 9.17) is 4.74 Å². The molecule has 0 atom stereocenters. The molecule has 1 aromatic carbocycles. The minimum Gasteiger partial charge on any atom is -0.497 e. The molecule has 1 aliphatic heterocycles. The van der Waals surface area contributed by atoms with Crippen LogP contribution in [-0.4, -0.2) is 12.1 Å². The smallest absolute Gasteiger partial charge is 0.118 e. The minimum absolute atomic E-state index is 0.878. The molecular formula is C15H13NO. The molecular weight excluding hydrogens is 210 g/mol. The predicted molar refractivity (Wildman–Crippen MR) is 69.4 cm³/mol. The van der Waals surface area contributed by atoms with E-state index in [2.05, 4.69) is 47.4 Å². The zero-order chi connectivity index (χ0) is 11.7. The van der Waals surface area contributed by atoms with Gasteiger partial charge in [0.2, 0.25) is 0 Å². The molecule has 84 valence electrons. The topological polar surface area (TPSA) is 25.0 Å². The lowest BCUT2D eigenvalue weighted by molar-refractivity contribution is 0.415. The molecule has 1 aliphatic carbocycles. The number of aromatic nitrogens is 1. The highest BCUT2D eigenvalue weighted by molar-refractivity contribution is 5.69. The Morgan fingerprint density at radius 2 is 1.41 bits per heavy atom. The van der Waals surface area contributed by atoms with Crippen molar-refractivity contribution in [3.63, 3.8) is 0 Å². The van der Waals surface area contributed by atoms with Crippen LogP contribution in [0, 0.1) is 0 Å². The number of fused-ring (bicyclic) bond motifs is 1. The Morgan fingerprint density at radius 3 is 2.18 bits per heavy atom. The fourth-order valence-electron chi connectivity index (χ4n) is 1.99. The van der Waals surface area contributed by atoms with Crippen LogP contribution < -0.4 is 4.74 Å². The first-order valence-corrected chi connectivity index (χ1v) is 5.59. The molecule has 0 aromatic heterocycles. The van der Waals surface area contributed by atoms with Gasteiger partial charge in [-0.2, -0.15) is 0 Å². The van der Waals surface area contributed by atoms with Gasteiger partial charge in [-0.15, -0.1) is 0 Å². The summed E-state index contributed by atoms with van der Waals surface area (Å²) in [6.45, 7) is 0. The molecule has 0 spiro atoms. The normalized spacial score (nSPS) is 10.6. The van der Waals surface area contributed by atoms with E-state index >= 15 is 0 Å². The van der Waals surface area contributed by atoms with E-state index in [1.165, 1.54) is 11.3 Å². The number of methoxy groups -OCH3 is 1. The zero-order valence-electron chi connectivity index (χ0n) is 9.60. The molecule has 0 saturated heterocycles. The molecule has 0 amide bonds. The SMILES string of the molecule is COc1ccc(-c2ccc3cccc-3[nH]2)cc1. The van der Waals surface area contributed by atoms with Gasteiger partial charge in [-0.05, 0) is 47.5 Å². The molecule has 0 fully saturated rings. The van der Waals surface area contributed by atoms with Crippen molar-refractivity contribution in [3.05, 3.63) is 54.6 Å². The molecule has 2 heteroatoms. The van der Waals surface area contributed by atoms with Crippen LogP contribution in [0.3, 0.4) is 0 Å². The van der Waals surface area contributed by atoms with Crippen LogP contribution in [0.15, 0.2) is 54.6 Å². The number of ether oxygens (including phenoxy) is 1. The van der Waals surface area contributed by atoms with E-state index in [0.717, 1.165) is 17.0 Å². The van der Waals surface area contributed by atoms with Crippen LogP contribution in [0.2, 0.25) is 0 Å². The van der Waals surface area contributed by atoms with Crippen LogP contribution in [0.1, 0.15) is 0 Å². The number of nitrogens with one attached hydrogen (secondary N) is 1. The molecule has 0 saturated carbocycles. The summed E-state index contributed by atoms with van der Waals surface area (Å²) >= 11 is 0. The Bertz CT molecular complexity index is 595. The van der Waals surface area contributed by atoms with Crippen molar-refractivity contribution in [3.8, 4) is 28.3 Å². The first-order valence-electron chi connectivity index (χ1n) is 5.59. The lowest BCUT2D eigenvalue weighted by atomic mass is 10.1. The lowest BCUT2D eigenvalue weighted by Crippen LogP contribution is -1.87. The average molecular weight is 223 g/mol. The first kappa shape index (κ1) is 9.97. The van der Waals surface area contributed by atoms with Gasteiger partial charge in [-0.25, -0.2) is 0 Å². The zero-order valence-corrected chi connectivity index (χ0v) is 9.60. The van der Waals surface area contributed by atoms with Crippen LogP contribution in [0.4, 0.5) is 0 Å². The summed E-state index contributed by atoms with van der Waals surface area (Å²) in [5, 5.41) is 0. The van der Waals surface area contributed by atoms with Crippen molar-refractivity contribution < 1.29 is 4.74 Å². The summed E-state index contributed by atoms with van der Waals surface area (Å²) in [5.41, 5.74) is 4.68. The first-order chi connectivity index (χ1) is 8.36. The highest BCUT2D eigenvalue weighted by Crippen LogP contribution is 2.26. The predicted octanol–water partition coefficient (Wildman–Crippen LogP) is 3.80. The van der Waals surface area contributed by atoms with Gasteiger partial charge in [-0.3, -0.25) is 0 Å². The second-order valence-corrected chi connectivity index (χ2v) is 4.00. The Balaban J connectivity index is 2.05. The molecule has 17 heavy (non-hydrogen) atoms. The van der Waals surface area contributed by atoms with Gasteiger partial charge in [0.15, 0.2) is 0 Å². The highest BCUT2D eigenvalue weighted by Gasteiger charge is 2.04. The van der Waals surface area contributed by atoms with Crippen molar-refractivity contribution in [2.45, 2.75) is 0 Å². The second-order valence-electron chi connectivity index (χ2n) is 4.00. The van der Waals surface area contributed by atoms with Crippen LogP contribution >= 0.6 is 0 Å². The quantitative estimate of drug-likeness (QED) is 0.702. The maximum Gasteiger partial charge on any atom is 0.118 e. The third kappa shape index (κ3) is 1.78. The molecule has 0 radical (unpaired) electrons. The van der Waals surface area contributed by atoms with Gasteiger partial charge < -0.3 is 9.72 Å². The van der Waals surface area contributed by atoms with Gasteiger partial charge in [0.25, 0.3) is 0 Å². The monoisotopic (exact) mass is 223 g/mol. The summed E-state index contributed by atoms with van der Waals surface area (Å²) in [6.07, 6.45) is 0. The van der Waals surface area contributed by atoms with Crippen LogP contribution in [0.25, 0.3) is 22.5 Å². The second kappa shape index (κ2) is 3.98. The van der Waals surface area contributed by atoms with Gasteiger partial charge in [0, 0.05) is 11.4 Å². The van der Waals surface area contributed by atoms with Crippen molar-refractivity contribution in [1.29, 1.82) is 0 Å². The molecule has 1 heterocycles. The lowest BCUT2D eigenvalue weighted by Gasteiger charge is -2.07. The minimum atomic E-state index is 0.878. The van der Waals surface area contributed by atoms with Crippen molar-refractivity contribution in [1.82, 2.24) is 4.98 Å². The largest absolute Gasteiger partial charge is 0.497 e. The van der Waals surface area contributed by atoms with Gasteiger partial charge in [0.05, 0.1) is 7.11 Å². The summed E-state index contributed by atoms with van der Waals surface area (Å²) in [4.78, 5) is 3.42. The Kier molecular flexibility index (Phi) is 2.33. The standard InChI is InChI=1S/C15H13NO/c1-17-13-8-5-12(6-9-13)15-10-7-11-3-2-4-14(11)16-15/h2-10,16H,1H3. The third-order valence-corrected chi connectivity index (χ3v) is 2.95. The molecule has 3 rings (SSSR count). The highest BCUT2D eigenvalue weighted by atomic mass is 16.5. The summed E-state index contributed by atoms with van der Waals surface area (Å²) < 4.78 is 5.15. The Labute approximate surface area is 100 Å². The maximum atomic E-state index is 5.15. The molecule has 2 aliphatic rings. The number of aromatic amines is 1.